The second-order valence-corrected chi connectivity index (χ2v) is 8.15. The fraction of sp³-hybridized carbons (Fsp3) is 0.273. The van der Waals surface area contributed by atoms with Crippen LogP contribution in [-0.4, -0.2) is 22.3 Å². The summed E-state index contributed by atoms with van der Waals surface area (Å²) in [6, 6.07) is 15.3. The van der Waals surface area contributed by atoms with Crippen molar-refractivity contribution in [1.82, 2.24) is 9.55 Å². The van der Waals surface area contributed by atoms with E-state index < -0.39 is 0 Å². The molecule has 2 aliphatic rings. The van der Waals surface area contributed by atoms with Crippen molar-refractivity contribution in [3.8, 4) is 22.9 Å². The highest BCUT2D eigenvalue weighted by Crippen LogP contribution is 2.41. The van der Waals surface area contributed by atoms with Gasteiger partial charge in [0.1, 0.15) is 12.4 Å². The van der Waals surface area contributed by atoms with Crippen LogP contribution < -0.4 is 15.0 Å². The molecule has 5 rings (SSSR count). The number of hydrogen-bond donors (Lipinski definition) is 0. The Morgan fingerprint density at radius 3 is 2.69 bits per heavy atom. The van der Waals surface area contributed by atoms with E-state index in [4.69, 9.17) is 32.7 Å². The molecule has 0 amide bonds. The van der Waals surface area contributed by atoms with Gasteiger partial charge in [-0.25, -0.2) is 0 Å². The number of ether oxygens (including phenoxy) is 2. The number of benzene rings is 2. The smallest absolute Gasteiger partial charge is 0.300 e. The number of halogens is 2. The minimum absolute atomic E-state index is 0.177. The summed E-state index contributed by atoms with van der Waals surface area (Å²) in [4.78, 5) is 15.8. The molecule has 1 aliphatic heterocycles. The average Bonchev–Trinajstić information content (AvgIpc) is 3.48. The molecule has 1 atom stereocenters. The Kier molecular flexibility index (Phi) is 4.72. The Hall–Kier alpha value is -2.50. The highest BCUT2D eigenvalue weighted by Gasteiger charge is 2.33. The third-order valence-corrected chi connectivity index (χ3v) is 6.05. The Balaban J connectivity index is 1.26. The molecule has 0 saturated heterocycles. The third kappa shape index (κ3) is 3.72. The fourth-order valence-electron chi connectivity index (χ4n) is 3.62. The van der Waals surface area contributed by atoms with Crippen LogP contribution in [0.5, 0.6) is 11.8 Å². The van der Waals surface area contributed by atoms with Gasteiger partial charge in [0, 0.05) is 17.3 Å². The van der Waals surface area contributed by atoms with Crippen LogP contribution in [-0.2, 0) is 6.54 Å². The van der Waals surface area contributed by atoms with E-state index in [1.165, 1.54) is 0 Å². The van der Waals surface area contributed by atoms with Gasteiger partial charge in [-0.05, 0) is 42.5 Å². The van der Waals surface area contributed by atoms with Gasteiger partial charge in [-0.3, -0.25) is 9.36 Å². The molecule has 0 N–H and O–H groups in total. The molecule has 29 heavy (non-hydrogen) atoms. The summed E-state index contributed by atoms with van der Waals surface area (Å²) >= 11 is 12.4. The van der Waals surface area contributed by atoms with Gasteiger partial charge in [-0.1, -0.05) is 47.5 Å². The van der Waals surface area contributed by atoms with Crippen LogP contribution in [0.15, 0.2) is 53.3 Å². The van der Waals surface area contributed by atoms with Crippen LogP contribution in [0.25, 0.3) is 11.1 Å². The van der Waals surface area contributed by atoms with Gasteiger partial charge in [0.25, 0.3) is 11.6 Å². The molecule has 0 unspecified atom stereocenters. The first-order chi connectivity index (χ1) is 14.1. The van der Waals surface area contributed by atoms with Gasteiger partial charge in [-0.15, -0.1) is 0 Å². The van der Waals surface area contributed by atoms with Crippen LogP contribution in [0, 0.1) is 0 Å². The van der Waals surface area contributed by atoms with Crippen molar-refractivity contribution in [3.05, 3.63) is 74.6 Å². The van der Waals surface area contributed by atoms with Crippen molar-refractivity contribution < 1.29 is 9.47 Å². The first-order valence-corrected chi connectivity index (χ1v) is 10.3. The number of hydrogen-bond acceptors (Lipinski definition) is 4. The molecular formula is C22H18Cl2N2O3. The molecule has 7 heteroatoms. The molecule has 1 aromatic heterocycles. The lowest BCUT2D eigenvalue weighted by Crippen LogP contribution is -2.23. The molecule has 0 radical (unpaired) electrons. The highest BCUT2D eigenvalue weighted by molar-refractivity contribution is 6.43. The number of aromatic nitrogens is 2. The SMILES string of the molecule is O=c1cc(C2CC2)n2c(n1)O[C@H](COc1ccc(-c3cccc(Cl)c3Cl)cc1)C2. The minimum atomic E-state index is -0.241. The molecule has 1 saturated carbocycles. The Bertz CT molecular complexity index is 1120. The Labute approximate surface area is 177 Å². The summed E-state index contributed by atoms with van der Waals surface area (Å²) in [5.74, 6) is 1.19. The largest absolute Gasteiger partial charge is 0.490 e. The molecule has 0 spiro atoms. The van der Waals surface area contributed by atoms with E-state index in [0.29, 0.717) is 35.1 Å². The molecule has 2 heterocycles. The predicted molar refractivity (Wildman–Crippen MR) is 112 cm³/mol. The summed E-state index contributed by atoms with van der Waals surface area (Å²) in [7, 11) is 0. The minimum Gasteiger partial charge on any atom is -0.490 e. The van der Waals surface area contributed by atoms with Crippen molar-refractivity contribution in [2.75, 3.05) is 6.61 Å². The quantitative estimate of drug-likeness (QED) is 0.577. The topological polar surface area (TPSA) is 53.4 Å². The average molecular weight is 429 g/mol. The van der Waals surface area contributed by atoms with Gasteiger partial charge in [0.05, 0.1) is 16.6 Å². The first kappa shape index (κ1) is 18.5. The van der Waals surface area contributed by atoms with E-state index in [0.717, 1.165) is 35.4 Å². The summed E-state index contributed by atoms with van der Waals surface area (Å²) in [6.07, 6.45) is 2.06. The normalized spacial score (nSPS) is 17.7. The maximum Gasteiger partial charge on any atom is 0.300 e. The van der Waals surface area contributed by atoms with E-state index in [1.54, 1.807) is 12.1 Å². The number of rotatable bonds is 5. The molecule has 1 aliphatic carbocycles. The Morgan fingerprint density at radius 1 is 1.14 bits per heavy atom. The van der Waals surface area contributed by atoms with Crippen LogP contribution >= 0.6 is 23.2 Å². The second-order valence-electron chi connectivity index (χ2n) is 7.36. The maximum absolute atomic E-state index is 11.8. The first-order valence-electron chi connectivity index (χ1n) is 9.54. The second kappa shape index (κ2) is 7.39. The van der Waals surface area contributed by atoms with Gasteiger partial charge in [0.15, 0.2) is 6.10 Å². The zero-order chi connectivity index (χ0) is 20.0. The summed E-state index contributed by atoms with van der Waals surface area (Å²) in [5.41, 5.74) is 2.63. The van der Waals surface area contributed by atoms with Crippen LogP contribution in [0.1, 0.15) is 24.5 Å². The molecule has 3 aromatic rings. The van der Waals surface area contributed by atoms with E-state index in [9.17, 15) is 4.79 Å². The maximum atomic E-state index is 11.8. The highest BCUT2D eigenvalue weighted by atomic mass is 35.5. The molecule has 0 bridgehead atoms. The fourth-order valence-corrected chi connectivity index (χ4v) is 4.03. The summed E-state index contributed by atoms with van der Waals surface area (Å²) in [6.45, 7) is 1.02. The molecule has 148 valence electrons. The predicted octanol–water partition coefficient (Wildman–Crippen LogP) is 4.93. The van der Waals surface area contributed by atoms with Crippen LogP contribution in [0.4, 0.5) is 0 Å². The van der Waals surface area contributed by atoms with E-state index in [1.807, 2.05) is 41.0 Å². The Morgan fingerprint density at radius 2 is 1.93 bits per heavy atom. The van der Waals surface area contributed by atoms with Crippen LogP contribution in [0.3, 0.4) is 0 Å². The van der Waals surface area contributed by atoms with Gasteiger partial charge < -0.3 is 9.47 Å². The third-order valence-electron chi connectivity index (χ3n) is 5.23. The lowest BCUT2D eigenvalue weighted by Gasteiger charge is -2.12. The van der Waals surface area contributed by atoms with Gasteiger partial charge in [-0.2, -0.15) is 4.98 Å². The van der Waals surface area contributed by atoms with Crippen molar-refractivity contribution >= 4 is 23.2 Å². The standard InChI is InChI=1S/C22H18Cl2N2O3/c23-18-3-1-2-17(21(18)24)13-6-8-15(9-7-13)28-12-16-11-26-19(14-4-5-14)10-20(27)25-22(26)29-16/h1-3,6-10,14,16H,4-5,11-12H2/t16-/m0/s1. The number of nitrogens with zero attached hydrogens (tertiary/aromatic N) is 2. The molecule has 2 aromatic carbocycles. The van der Waals surface area contributed by atoms with Crippen molar-refractivity contribution in [2.45, 2.75) is 31.4 Å². The lowest BCUT2D eigenvalue weighted by molar-refractivity contribution is 0.143. The van der Waals surface area contributed by atoms with Crippen molar-refractivity contribution in [3.63, 3.8) is 0 Å². The summed E-state index contributed by atoms with van der Waals surface area (Å²) < 4.78 is 13.8. The molecule has 1 fully saturated rings. The van der Waals surface area contributed by atoms with Crippen molar-refractivity contribution in [1.29, 1.82) is 0 Å². The molecular weight excluding hydrogens is 411 g/mol. The van der Waals surface area contributed by atoms with E-state index >= 15 is 0 Å². The van der Waals surface area contributed by atoms with Crippen molar-refractivity contribution in [2.24, 2.45) is 0 Å². The zero-order valence-corrected chi connectivity index (χ0v) is 17.0. The zero-order valence-electron chi connectivity index (χ0n) is 15.5. The van der Waals surface area contributed by atoms with Crippen LogP contribution in [0.2, 0.25) is 10.0 Å². The van der Waals surface area contributed by atoms with E-state index in [2.05, 4.69) is 4.98 Å². The monoisotopic (exact) mass is 428 g/mol. The molecule has 5 nitrogen and oxygen atoms in total. The van der Waals surface area contributed by atoms with Gasteiger partial charge in [0.2, 0.25) is 0 Å². The van der Waals surface area contributed by atoms with E-state index in [-0.39, 0.29) is 11.7 Å². The van der Waals surface area contributed by atoms with Gasteiger partial charge >= 0.3 is 0 Å². The lowest BCUT2D eigenvalue weighted by atomic mass is 10.1. The summed E-state index contributed by atoms with van der Waals surface area (Å²) in [5, 5.41) is 1.06. The number of fused-ring (bicyclic) bond motifs is 1.